The highest BCUT2D eigenvalue weighted by Gasteiger charge is 2.21. The van der Waals surface area contributed by atoms with Crippen molar-refractivity contribution in [2.75, 3.05) is 6.54 Å². The lowest BCUT2D eigenvalue weighted by molar-refractivity contribution is 0.0735. The van der Waals surface area contributed by atoms with E-state index in [4.69, 9.17) is 0 Å². The van der Waals surface area contributed by atoms with Gasteiger partial charge in [-0.15, -0.1) is 0 Å². The Morgan fingerprint density at radius 2 is 1.74 bits per heavy atom. The molecular formula is C26H30N4O. The molecule has 1 N–H and O–H groups in total. The van der Waals surface area contributed by atoms with E-state index in [0.717, 1.165) is 46.8 Å². The van der Waals surface area contributed by atoms with Gasteiger partial charge in [-0.2, -0.15) is 5.10 Å². The van der Waals surface area contributed by atoms with Gasteiger partial charge in [-0.3, -0.25) is 14.9 Å². The third-order valence-electron chi connectivity index (χ3n) is 5.76. The number of aromatic amines is 1. The van der Waals surface area contributed by atoms with Gasteiger partial charge in [0.05, 0.1) is 11.0 Å². The molecule has 0 aliphatic carbocycles. The van der Waals surface area contributed by atoms with E-state index >= 15 is 0 Å². The average Bonchev–Trinajstić information content (AvgIpc) is 3.24. The maximum absolute atomic E-state index is 13.5. The van der Waals surface area contributed by atoms with Crippen LogP contribution in [0.15, 0.2) is 60.8 Å². The number of pyridine rings is 1. The standard InChI is InChI=1S/C26H30N4O/c1-2-3-4-5-6-11-16-30(19-20-17-21-12-7-9-14-23(21)27-18-20)26(31)25-22-13-8-10-15-24(22)28-29-25/h7-10,12-15,17-18H,2-6,11,16,19H2,1H3,(H,28,29). The monoisotopic (exact) mass is 414 g/mol. The lowest BCUT2D eigenvalue weighted by Crippen LogP contribution is -2.32. The van der Waals surface area contributed by atoms with Crippen LogP contribution in [0.2, 0.25) is 0 Å². The summed E-state index contributed by atoms with van der Waals surface area (Å²) in [6.07, 6.45) is 9.03. The second kappa shape index (κ2) is 10.2. The molecule has 2 aromatic heterocycles. The number of hydrogen-bond acceptors (Lipinski definition) is 3. The number of benzene rings is 2. The molecule has 2 heterocycles. The third kappa shape index (κ3) is 5.10. The Balaban J connectivity index is 1.53. The molecule has 0 aliphatic heterocycles. The van der Waals surface area contributed by atoms with Crippen molar-refractivity contribution in [1.82, 2.24) is 20.1 Å². The quantitative estimate of drug-likeness (QED) is 0.318. The SMILES string of the molecule is CCCCCCCCN(Cc1cnc2ccccc2c1)C(=O)c1n[nH]c2ccccc12. The number of unbranched alkanes of at least 4 members (excludes halogenated alkanes) is 5. The number of amides is 1. The van der Waals surface area contributed by atoms with Crippen LogP contribution >= 0.6 is 0 Å². The molecule has 0 aliphatic rings. The van der Waals surface area contributed by atoms with Crippen LogP contribution in [-0.4, -0.2) is 32.5 Å². The van der Waals surface area contributed by atoms with Crippen molar-refractivity contribution < 1.29 is 4.79 Å². The fraction of sp³-hybridized carbons (Fsp3) is 0.346. The largest absolute Gasteiger partial charge is 0.333 e. The number of H-pyrrole nitrogens is 1. The smallest absolute Gasteiger partial charge is 0.275 e. The lowest BCUT2D eigenvalue weighted by Gasteiger charge is -2.22. The highest BCUT2D eigenvalue weighted by molar-refractivity contribution is 6.04. The first-order valence-electron chi connectivity index (χ1n) is 11.3. The van der Waals surface area contributed by atoms with Gasteiger partial charge in [0, 0.05) is 30.1 Å². The highest BCUT2D eigenvalue weighted by Crippen LogP contribution is 2.20. The molecule has 0 spiro atoms. The minimum atomic E-state index is -0.0285. The molecule has 31 heavy (non-hydrogen) atoms. The van der Waals surface area contributed by atoms with Gasteiger partial charge >= 0.3 is 0 Å². The first-order valence-corrected chi connectivity index (χ1v) is 11.3. The molecule has 160 valence electrons. The summed E-state index contributed by atoms with van der Waals surface area (Å²) in [5.41, 5.74) is 3.39. The molecule has 0 radical (unpaired) electrons. The first-order chi connectivity index (χ1) is 15.3. The Labute approximate surface area is 183 Å². The number of hydrogen-bond donors (Lipinski definition) is 1. The van der Waals surface area contributed by atoms with Gasteiger partial charge in [0.2, 0.25) is 0 Å². The zero-order valence-corrected chi connectivity index (χ0v) is 18.2. The molecule has 1 amide bonds. The predicted molar refractivity (Wildman–Crippen MR) is 126 cm³/mol. The van der Waals surface area contributed by atoms with E-state index in [1.54, 1.807) is 0 Å². The van der Waals surface area contributed by atoms with E-state index in [1.807, 2.05) is 53.6 Å². The summed E-state index contributed by atoms with van der Waals surface area (Å²) in [5.74, 6) is -0.0285. The van der Waals surface area contributed by atoms with Crippen molar-refractivity contribution in [3.05, 3.63) is 72.1 Å². The van der Waals surface area contributed by atoms with E-state index in [2.05, 4.69) is 34.2 Å². The summed E-state index contributed by atoms with van der Waals surface area (Å²) in [7, 11) is 0. The maximum Gasteiger partial charge on any atom is 0.275 e. The molecule has 0 atom stereocenters. The van der Waals surface area contributed by atoms with Gasteiger partial charge in [0.25, 0.3) is 5.91 Å². The molecule has 0 saturated carbocycles. The summed E-state index contributed by atoms with van der Waals surface area (Å²) >= 11 is 0. The van der Waals surface area contributed by atoms with Gasteiger partial charge in [0.15, 0.2) is 5.69 Å². The van der Waals surface area contributed by atoms with Crippen LogP contribution in [0.25, 0.3) is 21.8 Å². The number of carbonyl (C=O) groups excluding carboxylic acids is 1. The van der Waals surface area contributed by atoms with Crippen LogP contribution in [0.3, 0.4) is 0 Å². The second-order valence-electron chi connectivity index (χ2n) is 8.15. The molecule has 0 unspecified atom stereocenters. The number of rotatable bonds is 10. The Morgan fingerprint density at radius 1 is 0.968 bits per heavy atom. The Kier molecular flexibility index (Phi) is 6.92. The minimum Gasteiger partial charge on any atom is -0.333 e. The summed E-state index contributed by atoms with van der Waals surface area (Å²) < 4.78 is 0. The van der Waals surface area contributed by atoms with Crippen molar-refractivity contribution in [2.24, 2.45) is 0 Å². The van der Waals surface area contributed by atoms with Crippen LogP contribution in [0.1, 0.15) is 61.5 Å². The molecule has 2 aromatic carbocycles. The summed E-state index contributed by atoms with van der Waals surface area (Å²) in [4.78, 5) is 20.0. The summed E-state index contributed by atoms with van der Waals surface area (Å²) in [6, 6.07) is 18.0. The maximum atomic E-state index is 13.5. The summed E-state index contributed by atoms with van der Waals surface area (Å²) in [5, 5.41) is 9.30. The van der Waals surface area contributed by atoms with E-state index in [9.17, 15) is 4.79 Å². The van der Waals surface area contributed by atoms with Crippen molar-refractivity contribution >= 4 is 27.7 Å². The van der Waals surface area contributed by atoms with E-state index in [-0.39, 0.29) is 5.91 Å². The van der Waals surface area contributed by atoms with E-state index < -0.39 is 0 Å². The first kappa shape index (κ1) is 21.0. The van der Waals surface area contributed by atoms with Gasteiger partial charge in [0.1, 0.15) is 0 Å². The molecule has 0 bridgehead atoms. The predicted octanol–water partition coefficient (Wildman–Crippen LogP) is 6.11. The molecule has 0 fully saturated rings. The fourth-order valence-electron chi connectivity index (χ4n) is 4.04. The zero-order chi connectivity index (χ0) is 21.5. The third-order valence-corrected chi connectivity index (χ3v) is 5.76. The van der Waals surface area contributed by atoms with Crippen molar-refractivity contribution in [3.8, 4) is 0 Å². The number of fused-ring (bicyclic) bond motifs is 2. The van der Waals surface area contributed by atoms with Crippen LogP contribution in [0, 0.1) is 0 Å². The molecular weight excluding hydrogens is 384 g/mol. The number of para-hydroxylation sites is 2. The number of aromatic nitrogens is 3. The molecule has 0 saturated heterocycles. The van der Waals surface area contributed by atoms with Crippen LogP contribution in [0.4, 0.5) is 0 Å². The number of nitrogens with zero attached hydrogens (tertiary/aromatic N) is 3. The van der Waals surface area contributed by atoms with Crippen LogP contribution in [0.5, 0.6) is 0 Å². The molecule has 5 heteroatoms. The van der Waals surface area contributed by atoms with Gasteiger partial charge in [-0.05, 0) is 30.2 Å². The highest BCUT2D eigenvalue weighted by atomic mass is 16.2. The normalized spacial score (nSPS) is 11.3. The number of nitrogens with one attached hydrogen (secondary N) is 1. The topological polar surface area (TPSA) is 61.9 Å². The lowest BCUT2D eigenvalue weighted by atomic mass is 10.1. The second-order valence-corrected chi connectivity index (χ2v) is 8.15. The van der Waals surface area contributed by atoms with Crippen LogP contribution < -0.4 is 0 Å². The Hall–Kier alpha value is -3.21. The van der Waals surface area contributed by atoms with Gasteiger partial charge in [-0.25, -0.2) is 0 Å². The average molecular weight is 415 g/mol. The van der Waals surface area contributed by atoms with Crippen LogP contribution in [-0.2, 0) is 6.54 Å². The van der Waals surface area contributed by atoms with Gasteiger partial charge < -0.3 is 4.90 Å². The van der Waals surface area contributed by atoms with E-state index in [1.165, 1.54) is 25.7 Å². The molecule has 4 aromatic rings. The fourth-order valence-corrected chi connectivity index (χ4v) is 4.04. The van der Waals surface area contributed by atoms with Crippen molar-refractivity contribution in [3.63, 3.8) is 0 Å². The zero-order valence-electron chi connectivity index (χ0n) is 18.2. The Morgan fingerprint density at radius 3 is 2.65 bits per heavy atom. The van der Waals surface area contributed by atoms with Crippen molar-refractivity contribution in [2.45, 2.75) is 52.0 Å². The van der Waals surface area contributed by atoms with Gasteiger partial charge in [-0.1, -0.05) is 75.4 Å². The van der Waals surface area contributed by atoms with Crippen molar-refractivity contribution in [1.29, 1.82) is 0 Å². The number of carbonyl (C=O) groups is 1. The molecule has 5 nitrogen and oxygen atoms in total. The van der Waals surface area contributed by atoms with E-state index in [0.29, 0.717) is 12.2 Å². The Bertz CT molecular complexity index is 1150. The summed E-state index contributed by atoms with van der Waals surface area (Å²) in [6.45, 7) is 3.48. The molecule has 4 rings (SSSR count). The minimum absolute atomic E-state index is 0.0285.